The number of hydrogen-bond acceptors (Lipinski definition) is 0. The Kier molecular flexibility index (Phi) is 3.20. The highest BCUT2D eigenvalue weighted by molar-refractivity contribution is 9.09. The van der Waals surface area contributed by atoms with Crippen LogP contribution in [0.2, 0.25) is 0 Å². The normalized spacial score (nSPS) is 20.5. The van der Waals surface area contributed by atoms with Gasteiger partial charge in [0.1, 0.15) is 0 Å². The molecule has 0 spiro atoms. The molecule has 1 aliphatic rings. The first kappa shape index (κ1) is 9.34. The van der Waals surface area contributed by atoms with Crippen LogP contribution in [0.15, 0.2) is 23.8 Å². The van der Waals surface area contributed by atoms with Crippen molar-refractivity contribution in [2.24, 2.45) is 5.41 Å². The Morgan fingerprint density at radius 1 is 1.55 bits per heavy atom. The lowest BCUT2D eigenvalue weighted by molar-refractivity contribution is 0.367. The van der Waals surface area contributed by atoms with Gasteiger partial charge < -0.3 is 0 Å². The summed E-state index contributed by atoms with van der Waals surface area (Å²) in [4.78, 5) is 0. The molecule has 0 heterocycles. The van der Waals surface area contributed by atoms with Gasteiger partial charge in [-0.3, -0.25) is 0 Å². The number of alkyl halides is 1. The van der Waals surface area contributed by atoms with Crippen LogP contribution in [0.3, 0.4) is 0 Å². The van der Waals surface area contributed by atoms with Gasteiger partial charge in [0.25, 0.3) is 0 Å². The Hall–Kier alpha value is 0.250. The molecule has 0 radical (unpaired) electrons. The number of rotatable bonds is 3. The lowest BCUT2D eigenvalue weighted by Crippen LogP contribution is -2.18. The second-order valence-electron chi connectivity index (χ2n) is 3.21. The molecule has 0 bridgehead atoms. The molecular weight excluding hydrogens is 223 g/mol. The molecule has 0 amide bonds. The zero-order valence-electron chi connectivity index (χ0n) is 6.45. The molecule has 0 N–H and O–H groups in total. The molecule has 1 aliphatic carbocycles. The maximum absolute atomic E-state index is 5.78. The Morgan fingerprint density at radius 2 is 2.09 bits per heavy atom. The van der Waals surface area contributed by atoms with Crippen molar-refractivity contribution >= 4 is 27.5 Å². The number of allylic oxidation sites excluding steroid dienone is 3. The van der Waals surface area contributed by atoms with Gasteiger partial charge in [-0.05, 0) is 24.7 Å². The van der Waals surface area contributed by atoms with Crippen LogP contribution >= 0.6 is 27.5 Å². The molecule has 0 unspecified atom stereocenters. The van der Waals surface area contributed by atoms with E-state index in [1.54, 1.807) is 0 Å². The van der Waals surface area contributed by atoms with E-state index in [1.165, 1.54) is 0 Å². The smallest absolute Gasteiger partial charge is 0.0115 e. The fourth-order valence-corrected chi connectivity index (χ4v) is 2.40. The van der Waals surface area contributed by atoms with E-state index in [2.05, 4.69) is 34.7 Å². The molecule has 0 nitrogen and oxygen atoms in total. The van der Waals surface area contributed by atoms with Crippen molar-refractivity contribution in [2.75, 3.05) is 5.33 Å². The van der Waals surface area contributed by atoms with Gasteiger partial charge >= 0.3 is 0 Å². The van der Waals surface area contributed by atoms with Crippen molar-refractivity contribution in [1.82, 2.24) is 0 Å². The third-order valence-electron chi connectivity index (χ3n) is 2.12. The molecule has 2 heteroatoms. The summed E-state index contributed by atoms with van der Waals surface area (Å²) in [6.45, 7) is 3.73. The average Bonchev–Trinajstić information content (AvgIpc) is 2.36. The van der Waals surface area contributed by atoms with Crippen LogP contribution in [-0.4, -0.2) is 5.33 Å². The molecule has 0 saturated heterocycles. The molecule has 1 rings (SSSR count). The number of hydrogen-bond donors (Lipinski definition) is 0. The van der Waals surface area contributed by atoms with E-state index >= 15 is 0 Å². The van der Waals surface area contributed by atoms with Crippen molar-refractivity contribution in [3.05, 3.63) is 23.8 Å². The van der Waals surface area contributed by atoms with Gasteiger partial charge in [0, 0.05) is 10.4 Å². The summed E-state index contributed by atoms with van der Waals surface area (Å²) in [6.07, 6.45) is 7.63. The van der Waals surface area contributed by atoms with E-state index in [0.29, 0.717) is 5.41 Å². The molecule has 0 atom stereocenters. The summed E-state index contributed by atoms with van der Waals surface area (Å²) in [5.41, 5.74) is 0.332. The summed E-state index contributed by atoms with van der Waals surface area (Å²) < 4.78 is 0. The largest absolute Gasteiger partial charge is 0.0922 e. The van der Waals surface area contributed by atoms with E-state index in [4.69, 9.17) is 11.6 Å². The van der Waals surface area contributed by atoms with Crippen molar-refractivity contribution < 1.29 is 0 Å². The maximum atomic E-state index is 5.78. The van der Waals surface area contributed by atoms with Gasteiger partial charge in [-0.1, -0.05) is 46.3 Å². The summed E-state index contributed by atoms with van der Waals surface area (Å²) in [5, 5.41) is 1.78. The molecule has 0 fully saturated rings. The standard InChI is InChI=1S/C9H12BrCl/c1-8(11)6-9(7-10)4-2-3-5-9/h2-3H,1,4-7H2. The van der Waals surface area contributed by atoms with Crippen LogP contribution in [0.25, 0.3) is 0 Å². The molecule has 11 heavy (non-hydrogen) atoms. The molecule has 0 aromatic heterocycles. The fourth-order valence-electron chi connectivity index (χ4n) is 1.46. The van der Waals surface area contributed by atoms with Crippen LogP contribution in [0.1, 0.15) is 19.3 Å². The Morgan fingerprint density at radius 3 is 2.45 bits per heavy atom. The van der Waals surface area contributed by atoms with E-state index in [9.17, 15) is 0 Å². The summed E-state index contributed by atoms with van der Waals surface area (Å²) in [5.74, 6) is 0. The highest BCUT2D eigenvalue weighted by atomic mass is 79.9. The Labute approximate surface area is 81.4 Å². The lowest BCUT2D eigenvalue weighted by Gasteiger charge is -2.25. The molecule has 0 aromatic carbocycles. The predicted molar refractivity (Wildman–Crippen MR) is 54.2 cm³/mol. The Bertz CT molecular complexity index is 176. The molecule has 0 aromatic rings. The number of halogens is 2. The van der Waals surface area contributed by atoms with Gasteiger partial charge in [0.2, 0.25) is 0 Å². The van der Waals surface area contributed by atoms with Gasteiger partial charge in [-0.25, -0.2) is 0 Å². The highest BCUT2D eigenvalue weighted by Crippen LogP contribution is 2.40. The molecule has 62 valence electrons. The van der Waals surface area contributed by atoms with Crippen LogP contribution in [-0.2, 0) is 0 Å². The highest BCUT2D eigenvalue weighted by Gasteiger charge is 2.29. The van der Waals surface area contributed by atoms with Crippen LogP contribution in [0.4, 0.5) is 0 Å². The second kappa shape index (κ2) is 3.77. The monoisotopic (exact) mass is 234 g/mol. The molecular formula is C9H12BrCl. The van der Waals surface area contributed by atoms with Gasteiger partial charge in [-0.15, -0.1) is 0 Å². The van der Waals surface area contributed by atoms with Crippen molar-refractivity contribution in [2.45, 2.75) is 19.3 Å². The topological polar surface area (TPSA) is 0 Å². The first-order valence-corrected chi connectivity index (χ1v) is 5.23. The summed E-state index contributed by atoms with van der Waals surface area (Å²) in [7, 11) is 0. The zero-order valence-corrected chi connectivity index (χ0v) is 8.79. The first-order valence-electron chi connectivity index (χ1n) is 3.73. The van der Waals surface area contributed by atoms with Gasteiger partial charge in [0.05, 0.1) is 0 Å². The van der Waals surface area contributed by atoms with E-state index in [0.717, 1.165) is 29.6 Å². The SMILES string of the molecule is C=C(Cl)CC1(CBr)CC=CC1. The van der Waals surface area contributed by atoms with Crippen LogP contribution in [0.5, 0.6) is 0 Å². The van der Waals surface area contributed by atoms with Gasteiger partial charge in [0.15, 0.2) is 0 Å². The third kappa shape index (κ3) is 2.34. The zero-order chi connectivity index (χ0) is 8.32. The van der Waals surface area contributed by atoms with Crippen molar-refractivity contribution in [3.8, 4) is 0 Å². The first-order chi connectivity index (χ1) is 5.18. The van der Waals surface area contributed by atoms with Crippen LogP contribution < -0.4 is 0 Å². The second-order valence-corrected chi connectivity index (χ2v) is 4.30. The van der Waals surface area contributed by atoms with E-state index in [1.807, 2.05) is 0 Å². The minimum atomic E-state index is 0.332. The lowest BCUT2D eigenvalue weighted by atomic mass is 9.84. The fraction of sp³-hybridized carbons (Fsp3) is 0.556. The summed E-state index contributed by atoms with van der Waals surface area (Å²) >= 11 is 9.31. The maximum Gasteiger partial charge on any atom is 0.0115 e. The molecule has 0 aliphatic heterocycles. The quantitative estimate of drug-likeness (QED) is 0.515. The van der Waals surface area contributed by atoms with Crippen molar-refractivity contribution in [3.63, 3.8) is 0 Å². The third-order valence-corrected chi connectivity index (χ3v) is 3.44. The minimum Gasteiger partial charge on any atom is -0.0922 e. The Balaban J connectivity index is 2.54. The van der Waals surface area contributed by atoms with Crippen LogP contribution in [0, 0.1) is 5.41 Å². The minimum absolute atomic E-state index is 0.332. The van der Waals surface area contributed by atoms with E-state index < -0.39 is 0 Å². The summed E-state index contributed by atoms with van der Waals surface area (Å²) in [6, 6.07) is 0. The van der Waals surface area contributed by atoms with E-state index in [-0.39, 0.29) is 0 Å². The molecule has 0 saturated carbocycles. The van der Waals surface area contributed by atoms with Crippen molar-refractivity contribution in [1.29, 1.82) is 0 Å². The van der Waals surface area contributed by atoms with Gasteiger partial charge in [-0.2, -0.15) is 0 Å². The predicted octanol–water partition coefficient (Wildman–Crippen LogP) is 3.86. The average molecular weight is 236 g/mol.